The van der Waals surface area contributed by atoms with Crippen LogP contribution >= 0.6 is 0 Å². The minimum absolute atomic E-state index is 0.0151. The Hall–Kier alpha value is -2.01. The van der Waals surface area contributed by atoms with Gasteiger partial charge >= 0.3 is 0 Å². The molecule has 1 aliphatic heterocycles. The van der Waals surface area contributed by atoms with Crippen LogP contribution in [0.3, 0.4) is 0 Å². The van der Waals surface area contributed by atoms with Gasteiger partial charge in [0.2, 0.25) is 5.91 Å². The third-order valence-corrected chi connectivity index (χ3v) is 3.64. The summed E-state index contributed by atoms with van der Waals surface area (Å²) in [7, 11) is 0. The molecule has 2 aromatic rings. The van der Waals surface area contributed by atoms with Crippen molar-refractivity contribution < 1.29 is 4.79 Å². The number of carbonyl (C=O) groups is 1. The number of rotatable bonds is 2. The van der Waals surface area contributed by atoms with E-state index in [2.05, 4.69) is 20.6 Å². The molecular formula is C15H18N4O. The fourth-order valence-corrected chi connectivity index (χ4v) is 2.62. The molecule has 5 heteroatoms. The van der Waals surface area contributed by atoms with Gasteiger partial charge in [-0.25, -0.2) is 9.97 Å². The van der Waals surface area contributed by atoms with Crippen LogP contribution in [0.15, 0.2) is 18.2 Å². The minimum Gasteiger partial charge on any atom is -0.309 e. The maximum absolute atomic E-state index is 12.1. The Balaban J connectivity index is 1.87. The molecule has 0 unspecified atom stereocenters. The van der Waals surface area contributed by atoms with Crippen LogP contribution in [-0.4, -0.2) is 28.5 Å². The lowest BCUT2D eigenvalue weighted by Crippen LogP contribution is -2.35. The predicted octanol–water partition coefficient (Wildman–Crippen LogP) is 1.94. The second-order valence-corrected chi connectivity index (χ2v) is 5.29. The van der Waals surface area contributed by atoms with E-state index in [4.69, 9.17) is 0 Å². The molecule has 3 rings (SSSR count). The Morgan fingerprint density at radius 3 is 2.95 bits per heavy atom. The normalized spacial score (nSPS) is 18.4. The number of hydrogen-bond acceptors (Lipinski definition) is 4. The summed E-state index contributed by atoms with van der Waals surface area (Å²) in [6, 6.07) is 5.73. The van der Waals surface area contributed by atoms with Crippen LogP contribution in [0.5, 0.6) is 0 Å². The van der Waals surface area contributed by atoms with Gasteiger partial charge in [0.15, 0.2) is 5.65 Å². The Morgan fingerprint density at radius 1 is 1.35 bits per heavy atom. The molecule has 1 amide bonds. The van der Waals surface area contributed by atoms with Crippen molar-refractivity contribution in [3.05, 3.63) is 29.5 Å². The van der Waals surface area contributed by atoms with Crippen LogP contribution in [0.2, 0.25) is 0 Å². The minimum atomic E-state index is -0.0975. The maximum atomic E-state index is 12.1. The van der Waals surface area contributed by atoms with E-state index in [9.17, 15) is 4.79 Å². The van der Waals surface area contributed by atoms with Crippen LogP contribution in [-0.2, 0) is 4.79 Å². The van der Waals surface area contributed by atoms with Gasteiger partial charge in [-0.05, 0) is 57.0 Å². The van der Waals surface area contributed by atoms with Crippen molar-refractivity contribution in [3.8, 4) is 0 Å². The number of aromatic nitrogens is 2. The van der Waals surface area contributed by atoms with Crippen molar-refractivity contribution in [3.63, 3.8) is 0 Å². The molecule has 1 fully saturated rings. The summed E-state index contributed by atoms with van der Waals surface area (Å²) in [5, 5.41) is 7.06. The third-order valence-electron chi connectivity index (χ3n) is 3.64. The molecule has 2 aromatic heterocycles. The second kappa shape index (κ2) is 5.17. The molecule has 1 saturated heterocycles. The van der Waals surface area contributed by atoms with Crippen molar-refractivity contribution in [1.82, 2.24) is 15.3 Å². The standard InChI is InChI=1S/C15H18N4O/c1-9-8-10(2)17-14-11(9)5-6-13(18-14)19-15(20)12-4-3-7-16-12/h5-6,8,12,16H,3-4,7H2,1-2H3,(H,17,18,19,20)/t12-/m1/s1. The molecule has 2 N–H and O–H groups in total. The van der Waals surface area contributed by atoms with E-state index in [1.165, 1.54) is 0 Å². The van der Waals surface area contributed by atoms with E-state index in [0.717, 1.165) is 36.0 Å². The van der Waals surface area contributed by atoms with Gasteiger partial charge in [0.05, 0.1) is 6.04 Å². The zero-order valence-electron chi connectivity index (χ0n) is 11.7. The van der Waals surface area contributed by atoms with Gasteiger partial charge in [0, 0.05) is 11.1 Å². The first-order valence-corrected chi connectivity index (χ1v) is 6.93. The highest BCUT2D eigenvalue weighted by Gasteiger charge is 2.22. The molecule has 1 atom stereocenters. The molecule has 104 valence electrons. The van der Waals surface area contributed by atoms with E-state index in [1.807, 2.05) is 32.0 Å². The number of nitrogens with one attached hydrogen (secondary N) is 2. The number of aryl methyl sites for hydroxylation is 2. The van der Waals surface area contributed by atoms with Gasteiger partial charge in [-0.2, -0.15) is 0 Å². The molecule has 1 aliphatic rings. The number of anilines is 1. The number of pyridine rings is 2. The predicted molar refractivity (Wildman–Crippen MR) is 78.7 cm³/mol. The highest BCUT2D eigenvalue weighted by molar-refractivity contribution is 5.95. The van der Waals surface area contributed by atoms with Crippen molar-refractivity contribution in [2.75, 3.05) is 11.9 Å². The van der Waals surface area contributed by atoms with Gasteiger partial charge in [0.25, 0.3) is 0 Å². The average molecular weight is 270 g/mol. The van der Waals surface area contributed by atoms with Gasteiger partial charge in [-0.3, -0.25) is 4.79 Å². The summed E-state index contributed by atoms with van der Waals surface area (Å²) in [5.41, 5.74) is 2.76. The van der Waals surface area contributed by atoms with Gasteiger partial charge in [0.1, 0.15) is 5.82 Å². The Labute approximate surface area is 117 Å². The number of hydrogen-bond donors (Lipinski definition) is 2. The van der Waals surface area contributed by atoms with Crippen molar-refractivity contribution >= 4 is 22.8 Å². The highest BCUT2D eigenvalue weighted by atomic mass is 16.2. The van der Waals surface area contributed by atoms with Crippen LogP contribution in [0, 0.1) is 13.8 Å². The molecular weight excluding hydrogens is 252 g/mol. The van der Waals surface area contributed by atoms with Gasteiger partial charge in [-0.1, -0.05) is 0 Å². The Kier molecular flexibility index (Phi) is 3.36. The quantitative estimate of drug-likeness (QED) is 0.875. The van der Waals surface area contributed by atoms with E-state index in [0.29, 0.717) is 11.5 Å². The first-order valence-electron chi connectivity index (χ1n) is 6.93. The van der Waals surface area contributed by atoms with Crippen LogP contribution in [0.25, 0.3) is 11.0 Å². The highest BCUT2D eigenvalue weighted by Crippen LogP contribution is 2.18. The zero-order chi connectivity index (χ0) is 14.1. The first kappa shape index (κ1) is 13.0. The molecule has 0 radical (unpaired) electrons. The van der Waals surface area contributed by atoms with Crippen molar-refractivity contribution in [1.29, 1.82) is 0 Å². The van der Waals surface area contributed by atoms with Crippen LogP contribution in [0.4, 0.5) is 5.82 Å². The molecule has 0 saturated carbocycles. The van der Waals surface area contributed by atoms with Crippen molar-refractivity contribution in [2.45, 2.75) is 32.7 Å². The van der Waals surface area contributed by atoms with E-state index in [1.54, 1.807) is 0 Å². The van der Waals surface area contributed by atoms with Crippen LogP contribution in [0.1, 0.15) is 24.1 Å². The number of carbonyl (C=O) groups excluding carboxylic acids is 1. The third kappa shape index (κ3) is 2.49. The number of amides is 1. The average Bonchev–Trinajstić information content (AvgIpc) is 2.91. The lowest BCUT2D eigenvalue weighted by molar-refractivity contribution is -0.117. The molecule has 0 aromatic carbocycles. The number of nitrogens with zero attached hydrogens (tertiary/aromatic N) is 2. The molecule has 0 bridgehead atoms. The zero-order valence-corrected chi connectivity index (χ0v) is 11.7. The molecule has 3 heterocycles. The number of fused-ring (bicyclic) bond motifs is 1. The first-order chi connectivity index (χ1) is 9.63. The molecule has 20 heavy (non-hydrogen) atoms. The SMILES string of the molecule is Cc1cc(C)c2ccc(NC(=O)[C@H]3CCCN3)nc2n1. The summed E-state index contributed by atoms with van der Waals surface area (Å²) in [6.07, 6.45) is 1.93. The van der Waals surface area contributed by atoms with Crippen molar-refractivity contribution in [2.24, 2.45) is 0 Å². The smallest absolute Gasteiger partial charge is 0.242 e. The summed E-state index contributed by atoms with van der Waals surface area (Å²) in [6.45, 7) is 4.89. The molecule has 0 aliphatic carbocycles. The summed E-state index contributed by atoms with van der Waals surface area (Å²) in [5.74, 6) is 0.549. The molecule has 0 spiro atoms. The monoisotopic (exact) mass is 270 g/mol. The van der Waals surface area contributed by atoms with E-state index in [-0.39, 0.29) is 11.9 Å². The Morgan fingerprint density at radius 2 is 2.20 bits per heavy atom. The van der Waals surface area contributed by atoms with E-state index < -0.39 is 0 Å². The topological polar surface area (TPSA) is 66.9 Å². The molecule has 5 nitrogen and oxygen atoms in total. The summed E-state index contributed by atoms with van der Waals surface area (Å²) >= 11 is 0. The summed E-state index contributed by atoms with van der Waals surface area (Å²) < 4.78 is 0. The van der Waals surface area contributed by atoms with Gasteiger partial charge < -0.3 is 10.6 Å². The maximum Gasteiger partial charge on any atom is 0.242 e. The lowest BCUT2D eigenvalue weighted by atomic mass is 10.1. The Bertz CT molecular complexity index is 662. The second-order valence-electron chi connectivity index (χ2n) is 5.29. The fourth-order valence-electron chi connectivity index (χ4n) is 2.62. The summed E-state index contributed by atoms with van der Waals surface area (Å²) in [4.78, 5) is 20.9. The fraction of sp³-hybridized carbons (Fsp3) is 0.400. The van der Waals surface area contributed by atoms with Gasteiger partial charge in [-0.15, -0.1) is 0 Å². The lowest BCUT2D eigenvalue weighted by Gasteiger charge is -2.11. The van der Waals surface area contributed by atoms with Crippen LogP contribution < -0.4 is 10.6 Å². The van der Waals surface area contributed by atoms with E-state index >= 15 is 0 Å². The largest absolute Gasteiger partial charge is 0.309 e.